The summed E-state index contributed by atoms with van der Waals surface area (Å²) in [5, 5.41) is 19.3. The number of phenols is 1. The molecular formula is C21H22N4O4S. The molecule has 0 saturated heterocycles. The first kappa shape index (κ1) is 20.0. The van der Waals surface area contributed by atoms with E-state index in [0.29, 0.717) is 35.1 Å². The number of aromatic nitrogens is 2. The molecule has 156 valence electrons. The van der Waals surface area contributed by atoms with E-state index in [4.69, 9.17) is 9.26 Å². The minimum Gasteiger partial charge on any atom is -0.504 e. The van der Waals surface area contributed by atoms with Crippen LogP contribution < -0.4 is 10.1 Å². The minimum atomic E-state index is -0.556. The van der Waals surface area contributed by atoms with Crippen LogP contribution in [-0.4, -0.2) is 39.8 Å². The first-order valence-electron chi connectivity index (χ1n) is 9.57. The SMILES string of the molecule is CCCN1C(=O)NC(c2ccc(OC)c(O)c2)C(c2nc(-c3cccs3)no2)=C1C. The standard InChI is InChI=1S/C21H22N4O4S/c1-4-9-25-12(2)17(20-23-19(24-29-20)16-6-5-10-30-16)18(22-21(25)27)13-7-8-15(28-3)14(26)11-13/h5-8,10-11,18,26H,4,9H2,1-3H3,(H,22,27). The molecule has 3 aromatic rings. The Morgan fingerprint density at radius 1 is 1.37 bits per heavy atom. The lowest BCUT2D eigenvalue weighted by Gasteiger charge is -2.35. The lowest BCUT2D eigenvalue weighted by Crippen LogP contribution is -2.46. The fourth-order valence-electron chi connectivity index (χ4n) is 3.53. The number of amides is 2. The molecule has 8 nitrogen and oxygen atoms in total. The summed E-state index contributed by atoms with van der Waals surface area (Å²) in [6, 6.07) is 8.10. The zero-order valence-corrected chi connectivity index (χ0v) is 17.7. The van der Waals surface area contributed by atoms with Crippen molar-refractivity contribution in [2.45, 2.75) is 26.3 Å². The Balaban J connectivity index is 1.82. The monoisotopic (exact) mass is 426 g/mol. The highest BCUT2D eigenvalue weighted by molar-refractivity contribution is 7.13. The Bertz CT molecular complexity index is 1090. The second-order valence-electron chi connectivity index (χ2n) is 6.86. The van der Waals surface area contributed by atoms with Gasteiger partial charge < -0.3 is 19.7 Å². The van der Waals surface area contributed by atoms with E-state index in [2.05, 4.69) is 15.5 Å². The molecule has 9 heteroatoms. The summed E-state index contributed by atoms with van der Waals surface area (Å²) in [4.78, 5) is 19.9. The maximum Gasteiger partial charge on any atom is 0.322 e. The molecule has 2 amide bonds. The molecule has 0 bridgehead atoms. The van der Waals surface area contributed by atoms with E-state index in [1.54, 1.807) is 23.1 Å². The van der Waals surface area contributed by atoms with E-state index in [0.717, 1.165) is 17.0 Å². The van der Waals surface area contributed by atoms with Gasteiger partial charge in [0.15, 0.2) is 11.5 Å². The molecule has 1 aliphatic rings. The molecule has 0 radical (unpaired) electrons. The summed E-state index contributed by atoms with van der Waals surface area (Å²) in [5.74, 6) is 1.17. The number of methoxy groups -OCH3 is 1. The van der Waals surface area contributed by atoms with Crippen LogP contribution in [0.5, 0.6) is 11.5 Å². The average Bonchev–Trinajstić information content (AvgIpc) is 3.42. The molecule has 0 saturated carbocycles. The maximum absolute atomic E-state index is 12.8. The number of rotatable bonds is 6. The third-order valence-electron chi connectivity index (χ3n) is 4.98. The number of benzene rings is 1. The van der Waals surface area contributed by atoms with E-state index in [1.807, 2.05) is 31.4 Å². The number of allylic oxidation sites excluding steroid dienone is 1. The summed E-state index contributed by atoms with van der Waals surface area (Å²) in [7, 11) is 1.49. The zero-order valence-electron chi connectivity index (χ0n) is 16.9. The van der Waals surface area contributed by atoms with Crippen molar-refractivity contribution in [2.24, 2.45) is 0 Å². The number of hydrogen-bond donors (Lipinski definition) is 2. The van der Waals surface area contributed by atoms with Gasteiger partial charge in [-0.2, -0.15) is 4.98 Å². The van der Waals surface area contributed by atoms with Crippen molar-refractivity contribution in [3.05, 3.63) is 52.9 Å². The summed E-state index contributed by atoms with van der Waals surface area (Å²) in [6.45, 7) is 4.44. The summed E-state index contributed by atoms with van der Waals surface area (Å²) < 4.78 is 10.7. The first-order chi connectivity index (χ1) is 14.5. The van der Waals surface area contributed by atoms with Crippen LogP contribution in [0.1, 0.15) is 37.8 Å². The van der Waals surface area contributed by atoms with Crippen molar-refractivity contribution < 1.29 is 19.2 Å². The highest BCUT2D eigenvalue weighted by Gasteiger charge is 2.35. The van der Waals surface area contributed by atoms with Gasteiger partial charge in [-0.05, 0) is 42.5 Å². The van der Waals surface area contributed by atoms with Crippen molar-refractivity contribution in [3.8, 4) is 22.2 Å². The molecule has 30 heavy (non-hydrogen) atoms. The maximum atomic E-state index is 12.8. The molecule has 3 heterocycles. The lowest BCUT2D eigenvalue weighted by atomic mass is 9.94. The van der Waals surface area contributed by atoms with Gasteiger partial charge in [-0.1, -0.05) is 24.2 Å². The van der Waals surface area contributed by atoms with E-state index >= 15 is 0 Å². The number of nitrogens with zero attached hydrogens (tertiary/aromatic N) is 3. The number of nitrogens with one attached hydrogen (secondary N) is 1. The van der Waals surface area contributed by atoms with Gasteiger partial charge in [0.2, 0.25) is 5.82 Å². The normalized spacial score (nSPS) is 16.7. The van der Waals surface area contributed by atoms with E-state index in [1.165, 1.54) is 18.4 Å². The fourth-order valence-corrected chi connectivity index (χ4v) is 4.18. The van der Waals surface area contributed by atoms with Crippen LogP contribution in [0.4, 0.5) is 4.79 Å². The Labute approximate surface area is 177 Å². The van der Waals surface area contributed by atoms with Gasteiger partial charge in [0.25, 0.3) is 5.89 Å². The van der Waals surface area contributed by atoms with Gasteiger partial charge in [0.05, 0.1) is 23.6 Å². The Morgan fingerprint density at radius 3 is 2.87 bits per heavy atom. The van der Waals surface area contributed by atoms with Crippen molar-refractivity contribution >= 4 is 22.9 Å². The Hall–Kier alpha value is -3.33. The Kier molecular flexibility index (Phi) is 5.45. The van der Waals surface area contributed by atoms with Gasteiger partial charge >= 0.3 is 6.03 Å². The summed E-state index contributed by atoms with van der Waals surface area (Å²) >= 11 is 1.52. The number of ether oxygens (including phenoxy) is 1. The molecule has 1 aromatic carbocycles. The van der Waals surface area contributed by atoms with Crippen LogP contribution in [0.25, 0.3) is 16.3 Å². The number of phenolic OH excluding ortho intramolecular Hbond substituents is 1. The third kappa shape index (κ3) is 3.52. The third-order valence-corrected chi connectivity index (χ3v) is 5.84. The zero-order chi connectivity index (χ0) is 21.3. The molecule has 2 N–H and O–H groups in total. The summed E-state index contributed by atoms with van der Waals surface area (Å²) in [5.41, 5.74) is 2.12. The van der Waals surface area contributed by atoms with E-state index in [-0.39, 0.29) is 11.8 Å². The number of urea groups is 1. The second kappa shape index (κ2) is 8.19. The van der Waals surface area contributed by atoms with Crippen molar-refractivity contribution in [2.75, 3.05) is 13.7 Å². The predicted molar refractivity (Wildman–Crippen MR) is 113 cm³/mol. The lowest BCUT2D eigenvalue weighted by molar-refractivity contribution is 0.205. The molecule has 1 unspecified atom stereocenters. The first-order valence-corrected chi connectivity index (χ1v) is 10.4. The average molecular weight is 426 g/mol. The predicted octanol–water partition coefficient (Wildman–Crippen LogP) is 4.42. The van der Waals surface area contributed by atoms with Crippen molar-refractivity contribution in [3.63, 3.8) is 0 Å². The highest BCUT2D eigenvalue weighted by Crippen LogP contribution is 2.39. The van der Waals surface area contributed by atoms with Gasteiger partial charge in [-0.15, -0.1) is 11.3 Å². The number of aromatic hydroxyl groups is 1. The van der Waals surface area contributed by atoms with Crippen LogP contribution in [0.2, 0.25) is 0 Å². The molecule has 2 aromatic heterocycles. The van der Waals surface area contributed by atoms with Crippen molar-refractivity contribution in [1.82, 2.24) is 20.4 Å². The van der Waals surface area contributed by atoms with Crippen molar-refractivity contribution in [1.29, 1.82) is 0 Å². The van der Waals surface area contributed by atoms with Gasteiger partial charge in [-0.25, -0.2) is 4.79 Å². The van der Waals surface area contributed by atoms with Crippen LogP contribution in [0.3, 0.4) is 0 Å². The second-order valence-corrected chi connectivity index (χ2v) is 7.81. The quantitative estimate of drug-likeness (QED) is 0.605. The largest absolute Gasteiger partial charge is 0.504 e. The van der Waals surface area contributed by atoms with Crippen LogP contribution in [-0.2, 0) is 0 Å². The number of thiophene rings is 1. The topological polar surface area (TPSA) is 101 Å². The van der Waals surface area contributed by atoms with Gasteiger partial charge in [0, 0.05) is 12.2 Å². The van der Waals surface area contributed by atoms with E-state index < -0.39 is 6.04 Å². The van der Waals surface area contributed by atoms with Crippen LogP contribution >= 0.6 is 11.3 Å². The Morgan fingerprint density at radius 2 is 2.20 bits per heavy atom. The fraction of sp³-hybridized carbons (Fsp3) is 0.286. The molecular weight excluding hydrogens is 404 g/mol. The minimum absolute atomic E-state index is 0.0120. The summed E-state index contributed by atoms with van der Waals surface area (Å²) in [6.07, 6.45) is 0.802. The molecule has 4 rings (SSSR count). The molecule has 0 aliphatic carbocycles. The van der Waals surface area contributed by atoms with Crippen LogP contribution in [0.15, 0.2) is 45.9 Å². The number of hydrogen-bond acceptors (Lipinski definition) is 7. The van der Waals surface area contributed by atoms with E-state index in [9.17, 15) is 9.90 Å². The number of carbonyl (C=O) groups excluding carboxylic acids is 1. The molecule has 0 spiro atoms. The molecule has 1 aliphatic heterocycles. The van der Waals surface area contributed by atoms with Crippen LogP contribution in [0, 0.1) is 0 Å². The molecule has 1 atom stereocenters. The number of carbonyl (C=O) groups is 1. The van der Waals surface area contributed by atoms with Gasteiger partial charge in [0.1, 0.15) is 0 Å². The van der Waals surface area contributed by atoms with Gasteiger partial charge in [-0.3, -0.25) is 4.90 Å². The highest BCUT2D eigenvalue weighted by atomic mass is 32.1. The smallest absolute Gasteiger partial charge is 0.322 e. The molecule has 0 fully saturated rings.